The van der Waals surface area contributed by atoms with Crippen LogP contribution in [0, 0.1) is 5.82 Å². The number of cyclic esters (lactones) is 1. The molecule has 0 radical (unpaired) electrons. The van der Waals surface area contributed by atoms with Gasteiger partial charge in [0.05, 0.1) is 25.3 Å². The minimum absolute atomic E-state index is 0.203. The zero-order valence-corrected chi connectivity index (χ0v) is 16.7. The average Bonchev–Trinajstić information content (AvgIpc) is 3.41. The Morgan fingerprint density at radius 3 is 2.87 bits per heavy atom. The highest BCUT2D eigenvalue weighted by molar-refractivity contribution is 5.94. The summed E-state index contributed by atoms with van der Waals surface area (Å²) in [6.07, 6.45) is 1.04. The van der Waals surface area contributed by atoms with Gasteiger partial charge in [0.25, 0.3) is 0 Å². The maximum absolute atomic E-state index is 15.0. The summed E-state index contributed by atoms with van der Waals surface area (Å²) >= 11 is 0. The van der Waals surface area contributed by atoms with Gasteiger partial charge in [-0.15, -0.1) is 10.2 Å². The molecule has 1 unspecified atom stereocenters. The minimum atomic E-state index is -0.534. The Balaban J connectivity index is 1.43. The van der Waals surface area contributed by atoms with E-state index < -0.39 is 18.0 Å². The molecule has 158 valence electrons. The Bertz CT molecular complexity index is 1190. The first-order chi connectivity index (χ1) is 14.9. The van der Waals surface area contributed by atoms with Gasteiger partial charge in [0.1, 0.15) is 17.6 Å². The van der Waals surface area contributed by atoms with E-state index in [1.807, 2.05) is 0 Å². The van der Waals surface area contributed by atoms with Gasteiger partial charge in [-0.1, -0.05) is 6.07 Å². The second kappa shape index (κ2) is 7.11. The number of pyridine rings is 1. The van der Waals surface area contributed by atoms with Crippen LogP contribution < -0.4 is 10.2 Å². The van der Waals surface area contributed by atoms with Crippen LogP contribution in [0.3, 0.4) is 0 Å². The molecule has 0 saturated carbocycles. The number of amides is 2. The molecule has 10 nitrogen and oxygen atoms in total. The molecule has 5 rings (SSSR count). The van der Waals surface area contributed by atoms with Gasteiger partial charge < -0.3 is 10.1 Å². The summed E-state index contributed by atoms with van der Waals surface area (Å²) in [5.74, 6) is -0.288. The van der Waals surface area contributed by atoms with Crippen molar-refractivity contribution in [3.05, 3.63) is 41.8 Å². The lowest BCUT2D eigenvalue weighted by Crippen LogP contribution is -2.40. The number of hydrogen-bond donors (Lipinski definition) is 1. The highest BCUT2D eigenvalue weighted by atomic mass is 19.1. The zero-order chi connectivity index (χ0) is 21.7. The molecule has 2 amide bonds. The van der Waals surface area contributed by atoms with E-state index in [9.17, 15) is 14.0 Å². The van der Waals surface area contributed by atoms with Gasteiger partial charge in [0.2, 0.25) is 11.7 Å². The predicted molar refractivity (Wildman–Crippen MR) is 106 cm³/mol. The van der Waals surface area contributed by atoms with E-state index in [1.54, 1.807) is 31.4 Å². The summed E-state index contributed by atoms with van der Waals surface area (Å²) in [6.45, 7) is 1.62. The summed E-state index contributed by atoms with van der Waals surface area (Å²) in [7, 11) is 1.66. The van der Waals surface area contributed by atoms with Crippen molar-refractivity contribution in [3.63, 3.8) is 0 Å². The first-order valence-electron chi connectivity index (χ1n) is 9.68. The van der Waals surface area contributed by atoms with E-state index in [4.69, 9.17) is 4.74 Å². The van der Waals surface area contributed by atoms with Gasteiger partial charge >= 0.3 is 6.09 Å². The van der Waals surface area contributed by atoms with Crippen molar-refractivity contribution in [1.29, 1.82) is 0 Å². The van der Waals surface area contributed by atoms with E-state index in [0.717, 1.165) is 5.56 Å². The highest BCUT2D eigenvalue weighted by Gasteiger charge is 2.47. The molecule has 1 fully saturated rings. The van der Waals surface area contributed by atoms with Crippen molar-refractivity contribution in [1.82, 2.24) is 30.5 Å². The van der Waals surface area contributed by atoms with Gasteiger partial charge in [0, 0.05) is 24.2 Å². The number of benzene rings is 1. The van der Waals surface area contributed by atoms with E-state index in [2.05, 4.69) is 25.7 Å². The SMILES string of the molecule is CC(=O)NC[C@@H]1OC(=O)N2c3cc(F)c(-c4ccc(-c5nnn(C)n5)nc4)cc3CC12. The molecule has 2 aromatic heterocycles. The number of anilines is 1. The first kappa shape index (κ1) is 19.1. The third-order valence-electron chi connectivity index (χ3n) is 5.43. The van der Waals surface area contributed by atoms with Crippen molar-refractivity contribution in [2.24, 2.45) is 7.05 Å². The predicted octanol–water partition coefficient (Wildman–Crippen LogP) is 1.46. The van der Waals surface area contributed by atoms with E-state index in [-0.39, 0.29) is 18.5 Å². The van der Waals surface area contributed by atoms with E-state index in [0.29, 0.717) is 34.8 Å². The fourth-order valence-electron chi connectivity index (χ4n) is 4.00. The van der Waals surface area contributed by atoms with Gasteiger partial charge in [-0.25, -0.2) is 9.18 Å². The number of aromatic nitrogens is 5. The van der Waals surface area contributed by atoms with Crippen LogP contribution in [0.1, 0.15) is 12.5 Å². The number of tetrazole rings is 1. The smallest absolute Gasteiger partial charge is 0.415 e. The molecular formula is C20H18FN7O3. The van der Waals surface area contributed by atoms with Crippen LogP contribution in [0.4, 0.5) is 14.9 Å². The van der Waals surface area contributed by atoms with Crippen molar-refractivity contribution >= 4 is 17.7 Å². The largest absolute Gasteiger partial charge is 0.442 e. The van der Waals surface area contributed by atoms with Crippen molar-refractivity contribution in [2.75, 3.05) is 11.4 Å². The van der Waals surface area contributed by atoms with Crippen LogP contribution in [-0.4, -0.2) is 55.9 Å². The standard InChI is InChI=1S/C20H18FN7O3/c1-10(29)22-9-18-17-6-12-5-13(14(21)7-16(12)28(17)20(30)31-18)11-3-4-15(23-8-11)19-24-26-27(2)25-19/h3-5,7-8,17-18H,6,9H2,1-2H3,(H,22,29)/t17?,18-/m0/s1. The summed E-state index contributed by atoms with van der Waals surface area (Å²) in [5, 5.41) is 14.5. The lowest BCUT2D eigenvalue weighted by molar-refractivity contribution is -0.119. The second-order valence-electron chi connectivity index (χ2n) is 7.50. The Morgan fingerprint density at radius 2 is 2.19 bits per heavy atom. The highest BCUT2D eigenvalue weighted by Crippen LogP contribution is 2.41. The zero-order valence-electron chi connectivity index (χ0n) is 16.7. The van der Waals surface area contributed by atoms with Crippen LogP contribution in [0.25, 0.3) is 22.6 Å². The molecule has 1 saturated heterocycles. The Hall–Kier alpha value is -3.89. The normalized spacial score (nSPS) is 19.2. The molecule has 2 aliphatic heterocycles. The third-order valence-corrected chi connectivity index (χ3v) is 5.43. The molecule has 3 aromatic rings. The fraction of sp³-hybridized carbons (Fsp3) is 0.300. The number of hydrogen-bond acceptors (Lipinski definition) is 7. The molecule has 31 heavy (non-hydrogen) atoms. The Kier molecular flexibility index (Phi) is 4.38. The molecule has 0 bridgehead atoms. The van der Waals surface area contributed by atoms with Crippen molar-refractivity contribution < 1.29 is 18.7 Å². The van der Waals surface area contributed by atoms with Crippen molar-refractivity contribution in [2.45, 2.75) is 25.5 Å². The molecule has 0 spiro atoms. The number of ether oxygens (including phenoxy) is 1. The number of halogens is 1. The summed E-state index contributed by atoms with van der Waals surface area (Å²) in [4.78, 5) is 30.7. The number of nitrogens with one attached hydrogen (secondary N) is 1. The number of aryl methyl sites for hydroxylation is 1. The van der Waals surface area contributed by atoms with Gasteiger partial charge in [-0.3, -0.25) is 14.7 Å². The minimum Gasteiger partial charge on any atom is -0.442 e. The monoisotopic (exact) mass is 423 g/mol. The fourth-order valence-corrected chi connectivity index (χ4v) is 4.00. The molecule has 1 N–H and O–H groups in total. The Labute approximate surface area is 176 Å². The van der Waals surface area contributed by atoms with Crippen molar-refractivity contribution in [3.8, 4) is 22.6 Å². The van der Waals surface area contributed by atoms with Gasteiger partial charge in [0.15, 0.2) is 0 Å². The maximum Gasteiger partial charge on any atom is 0.415 e. The number of rotatable bonds is 4. The summed E-state index contributed by atoms with van der Waals surface area (Å²) < 4.78 is 20.4. The maximum atomic E-state index is 15.0. The lowest BCUT2D eigenvalue weighted by Gasteiger charge is -2.16. The molecular weight excluding hydrogens is 405 g/mol. The third kappa shape index (κ3) is 3.27. The number of carbonyl (C=O) groups excluding carboxylic acids is 2. The number of fused-ring (bicyclic) bond motifs is 3. The molecule has 2 atom stereocenters. The molecule has 4 heterocycles. The topological polar surface area (TPSA) is 115 Å². The van der Waals surface area contributed by atoms with Gasteiger partial charge in [-0.2, -0.15) is 4.80 Å². The lowest BCUT2D eigenvalue weighted by atomic mass is 10.00. The van der Waals surface area contributed by atoms with Crippen LogP contribution in [-0.2, 0) is 23.0 Å². The molecule has 2 aliphatic rings. The van der Waals surface area contributed by atoms with Crippen LogP contribution in [0.15, 0.2) is 30.5 Å². The van der Waals surface area contributed by atoms with E-state index in [1.165, 1.54) is 22.7 Å². The summed E-state index contributed by atoms with van der Waals surface area (Å²) in [6, 6.07) is 6.26. The van der Waals surface area contributed by atoms with Crippen LogP contribution in [0.2, 0.25) is 0 Å². The average molecular weight is 423 g/mol. The molecule has 1 aromatic carbocycles. The summed E-state index contributed by atoms with van der Waals surface area (Å²) in [5.41, 5.74) is 2.85. The first-order valence-corrected chi connectivity index (χ1v) is 9.68. The molecule has 0 aliphatic carbocycles. The Morgan fingerprint density at radius 1 is 1.35 bits per heavy atom. The number of carbonyl (C=O) groups is 2. The van der Waals surface area contributed by atoms with Crippen LogP contribution >= 0.6 is 0 Å². The van der Waals surface area contributed by atoms with Gasteiger partial charge in [-0.05, 0) is 35.4 Å². The van der Waals surface area contributed by atoms with Crippen LogP contribution in [0.5, 0.6) is 0 Å². The second-order valence-corrected chi connectivity index (χ2v) is 7.50. The number of nitrogens with zero attached hydrogens (tertiary/aromatic N) is 6. The molecule has 11 heteroatoms. The quantitative estimate of drug-likeness (QED) is 0.676. The van der Waals surface area contributed by atoms with E-state index >= 15 is 0 Å².